The number of hydrogen-bond donors (Lipinski definition) is 2. The highest BCUT2D eigenvalue weighted by Crippen LogP contribution is 2.18. The molecule has 0 aliphatic rings. The first-order chi connectivity index (χ1) is 13.5. The Morgan fingerprint density at radius 2 is 1.36 bits per heavy atom. The maximum Gasteiger partial charge on any atom is 0.343 e. The van der Waals surface area contributed by atoms with Crippen molar-refractivity contribution in [3.63, 3.8) is 0 Å². The fourth-order valence-electron chi connectivity index (χ4n) is 2.41. The van der Waals surface area contributed by atoms with Crippen LogP contribution in [-0.4, -0.2) is 11.9 Å². The first kappa shape index (κ1) is 18.7. The summed E-state index contributed by atoms with van der Waals surface area (Å²) in [7, 11) is 0. The lowest BCUT2D eigenvalue weighted by Gasteiger charge is -2.06. The quantitative estimate of drug-likeness (QED) is 0.305. The Morgan fingerprint density at radius 3 is 2.00 bits per heavy atom. The first-order valence-electron chi connectivity index (χ1n) is 8.43. The van der Waals surface area contributed by atoms with Gasteiger partial charge in [-0.2, -0.15) is 0 Å². The Labute approximate surface area is 162 Å². The smallest absolute Gasteiger partial charge is 0.343 e. The van der Waals surface area contributed by atoms with Gasteiger partial charge in [-0.15, -0.1) is 0 Å². The van der Waals surface area contributed by atoms with E-state index in [1.807, 2.05) is 6.07 Å². The predicted molar refractivity (Wildman–Crippen MR) is 108 cm³/mol. The largest absolute Gasteiger partial charge is 0.423 e. The average Bonchev–Trinajstić information content (AvgIpc) is 2.67. The van der Waals surface area contributed by atoms with E-state index in [4.69, 9.17) is 20.9 Å². The third-order valence-electron chi connectivity index (χ3n) is 3.68. The second-order valence-electron chi connectivity index (χ2n) is 5.91. The Balaban J connectivity index is 1.60. The van der Waals surface area contributed by atoms with E-state index >= 15 is 0 Å². The number of para-hydroxylation sites is 1. The van der Waals surface area contributed by atoms with E-state index in [9.17, 15) is 9.59 Å². The van der Waals surface area contributed by atoms with Gasteiger partial charge in [0.1, 0.15) is 11.5 Å². The number of rotatable bonds is 5. The maximum atomic E-state index is 12.2. The Bertz CT molecular complexity index is 992. The second-order valence-corrected chi connectivity index (χ2v) is 5.91. The van der Waals surface area contributed by atoms with Gasteiger partial charge in [-0.05, 0) is 54.1 Å². The summed E-state index contributed by atoms with van der Waals surface area (Å²) in [6.45, 7) is 0. The zero-order valence-corrected chi connectivity index (χ0v) is 14.9. The number of hydrogen-bond acceptors (Lipinski definition) is 6. The molecular formula is C22H18N2O4. The summed E-state index contributed by atoms with van der Waals surface area (Å²) in [6, 6.07) is 20.0. The van der Waals surface area contributed by atoms with Gasteiger partial charge in [0.2, 0.25) is 0 Å². The van der Waals surface area contributed by atoms with Crippen LogP contribution >= 0.6 is 0 Å². The summed E-state index contributed by atoms with van der Waals surface area (Å²) >= 11 is 0. The minimum absolute atomic E-state index is 0.269. The van der Waals surface area contributed by atoms with Crippen LogP contribution in [0.5, 0.6) is 11.5 Å². The highest BCUT2D eigenvalue weighted by Gasteiger charge is 2.10. The first-order valence-corrected chi connectivity index (χ1v) is 8.43. The second kappa shape index (κ2) is 8.55. The van der Waals surface area contributed by atoms with Gasteiger partial charge in [0.05, 0.1) is 5.56 Å². The number of carbonyl (C=O) groups is 2. The molecule has 6 nitrogen and oxygen atoms in total. The highest BCUT2D eigenvalue weighted by atomic mass is 16.5. The predicted octanol–water partition coefficient (Wildman–Crippen LogP) is 3.69. The molecule has 28 heavy (non-hydrogen) atoms. The van der Waals surface area contributed by atoms with Gasteiger partial charge in [0, 0.05) is 17.5 Å². The van der Waals surface area contributed by atoms with Crippen LogP contribution in [0.15, 0.2) is 78.9 Å². The Morgan fingerprint density at radius 1 is 0.750 bits per heavy atom. The molecule has 0 saturated carbocycles. The van der Waals surface area contributed by atoms with Crippen LogP contribution in [0.2, 0.25) is 0 Å². The van der Waals surface area contributed by atoms with E-state index in [-0.39, 0.29) is 5.56 Å². The van der Waals surface area contributed by atoms with Crippen molar-refractivity contribution in [1.29, 1.82) is 0 Å². The van der Waals surface area contributed by atoms with E-state index in [0.29, 0.717) is 22.9 Å². The molecule has 0 aromatic heterocycles. The van der Waals surface area contributed by atoms with Crippen molar-refractivity contribution in [2.75, 3.05) is 11.5 Å². The van der Waals surface area contributed by atoms with Gasteiger partial charge in [-0.3, -0.25) is 0 Å². The maximum absolute atomic E-state index is 12.2. The van der Waals surface area contributed by atoms with Crippen LogP contribution in [0.25, 0.3) is 6.08 Å². The molecule has 3 aromatic carbocycles. The molecule has 0 aliphatic carbocycles. The summed E-state index contributed by atoms with van der Waals surface area (Å²) < 4.78 is 10.5. The Hall–Kier alpha value is -4.06. The third-order valence-corrected chi connectivity index (χ3v) is 3.68. The van der Waals surface area contributed by atoms with Crippen molar-refractivity contribution in [3.05, 3.63) is 90.0 Å². The molecule has 0 fully saturated rings. The zero-order valence-electron chi connectivity index (χ0n) is 14.9. The van der Waals surface area contributed by atoms with Crippen molar-refractivity contribution >= 4 is 29.4 Å². The minimum Gasteiger partial charge on any atom is -0.423 e. The lowest BCUT2D eigenvalue weighted by Crippen LogP contribution is -2.09. The molecule has 0 radical (unpaired) electrons. The summed E-state index contributed by atoms with van der Waals surface area (Å²) in [4.78, 5) is 24.0. The Kier molecular flexibility index (Phi) is 5.72. The molecule has 0 saturated heterocycles. The van der Waals surface area contributed by atoms with Gasteiger partial charge in [0.25, 0.3) is 0 Å². The molecule has 4 N–H and O–H groups in total. The van der Waals surface area contributed by atoms with E-state index in [1.165, 1.54) is 18.2 Å². The minimum atomic E-state index is -0.561. The van der Waals surface area contributed by atoms with Crippen LogP contribution in [0, 0.1) is 0 Å². The fourth-order valence-corrected chi connectivity index (χ4v) is 2.41. The number of nitrogen functional groups attached to an aromatic ring is 2. The topological polar surface area (TPSA) is 105 Å². The summed E-state index contributed by atoms with van der Waals surface area (Å²) in [5.41, 5.74) is 13.2. The van der Waals surface area contributed by atoms with Crippen LogP contribution in [0.4, 0.5) is 11.4 Å². The van der Waals surface area contributed by atoms with E-state index in [1.54, 1.807) is 60.7 Å². The molecule has 140 valence electrons. The van der Waals surface area contributed by atoms with Gasteiger partial charge >= 0.3 is 11.9 Å². The van der Waals surface area contributed by atoms with Crippen molar-refractivity contribution in [2.24, 2.45) is 0 Å². The number of benzene rings is 3. The fraction of sp³-hybridized carbons (Fsp3) is 0. The van der Waals surface area contributed by atoms with Crippen LogP contribution in [0.3, 0.4) is 0 Å². The lowest BCUT2D eigenvalue weighted by atomic mass is 10.1. The summed E-state index contributed by atoms with van der Waals surface area (Å²) in [5, 5.41) is 0. The zero-order chi connectivity index (χ0) is 19.9. The molecule has 0 amide bonds. The van der Waals surface area contributed by atoms with E-state index < -0.39 is 11.9 Å². The number of carbonyl (C=O) groups excluding carboxylic acids is 2. The molecule has 3 rings (SSSR count). The van der Waals surface area contributed by atoms with Gasteiger partial charge in [0.15, 0.2) is 0 Å². The molecule has 0 aliphatic heterocycles. The average molecular weight is 374 g/mol. The summed E-state index contributed by atoms with van der Waals surface area (Å²) in [6.07, 6.45) is 2.93. The van der Waals surface area contributed by atoms with Crippen LogP contribution < -0.4 is 20.9 Å². The van der Waals surface area contributed by atoms with Crippen molar-refractivity contribution in [1.82, 2.24) is 0 Å². The van der Waals surface area contributed by atoms with E-state index in [2.05, 4.69) is 0 Å². The monoisotopic (exact) mass is 374 g/mol. The molecule has 0 atom stereocenters. The number of esters is 2. The number of nitrogens with two attached hydrogens (primary N) is 2. The molecule has 0 heterocycles. The van der Waals surface area contributed by atoms with Crippen LogP contribution in [0.1, 0.15) is 15.9 Å². The van der Waals surface area contributed by atoms with Gasteiger partial charge in [-0.25, -0.2) is 9.59 Å². The molecular weight excluding hydrogens is 356 g/mol. The van der Waals surface area contributed by atoms with Gasteiger partial charge < -0.3 is 20.9 Å². The molecule has 0 unspecified atom stereocenters. The normalized spacial score (nSPS) is 10.6. The van der Waals surface area contributed by atoms with E-state index in [0.717, 1.165) is 5.56 Å². The van der Waals surface area contributed by atoms with Crippen LogP contribution in [-0.2, 0) is 4.79 Å². The third kappa shape index (κ3) is 5.22. The number of ether oxygens (including phenoxy) is 2. The summed E-state index contributed by atoms with van der Waals surface area (Å²) in [5.74, 6) is -0.216. The molecule has 0 bridgehead atoms. The molecule has 6 heteroatoms. The molecule has 3 aromatic rings. The van der Waals surface area contributed by atoms with Crippen molar-refractivity contribution < 1.29 is 19.1 Å². The molecule has 0 spiro atoms. The standard InChI is InChI=1S/C22H18N2O4/c23-17-12-16(13-18(24)14-17)22(26)28-20-9-6-15(7-10-20)8-11-21(25)27-19-4-2-1-3-5-19/h1-14H,23-24H2. The SMILES string of the molecule is Nc1cc(N)cc(C(=O)Oc2ccc(C=CC(=O)Oc3ccccc3)cc2)c1. The van der Waals surface area contributed by atoms with Crippen molar-refractivity contribution in [2.45, 2.75) is 0 Å². The number of anilines is 2. The van der Waals surface area contributed by atoms with Crippen molar-refractivity contribution in [3.8, 4) is 11.5 Å². The lowest BCUT2D eigenvalue weighted by molar-refractivity contribution is -0.128. The highest BCUT2D eigenvalue weighted by molar-refractivity contribution is 5.93. The van der Waals surface area contributed by atoms with Gasteiger partial charge in [-0.1, -0.05) is 30.3 Å².